The molecule has 1 aliphatic heterocycles. The molecule has 2 aromatic rings. The zero-order valence-electron chi connectivity index (χ0n) is 13.9. The minimum Gasteiger partial charge on any atom is -0.299 e. The summed E-state index contributed by atoms with van der Waals surface area (Å²) in [6.07, 6.45) is 5.32. The summed E-state index contributed by atoms with van der Waals surface area (Å²) in [5, 5.41) is 4.06. The highest BCUT2D eigenvalue weighted by Gasteiger charge is 2.18. The second-order valence-corrected chi connectivity index (χ2v) is 6.18. The molecule has 2 heterocycles. The average Bonchev–Trinajstić information content (AvgIpc) is 2.64. The van der Waals surface area contributed by atoms with Crippen molar-refractivity contribution in [3.63, 3.8) is 0 Å². The summed E-state index contributed by atoms with van der Waals surface area (Å²) in [6, 6.07) is 11.9. The van der Waals surface area contributed by atoms with Crippen molar-refractivity contribution in [1.82, 2.24) is 15.3 Å². The number of carbonyl (C=O) groups excluding carboxylic acids is 1. The van der Waals surface area contributed by atoms with E-state index >= 15 is 0 Å². The number of hydrazone groups is 1. The number of halogens is 1. The van der Waals surface area contributed by atoms with E-state index in [0.717, 1.165) is 38.0 Å². The summed E-state index contributed by atoms with van der Waals surface area (Å²) < 4.78 is 13.2. The van der Waals surface area contributed by atoms with Gasteiger partial charge in [0.25, 0.3) is 5.91 Å². The second kappa shape index (κ2) is 8.48. The van der Waals surface area contributed by atoms with Crippen LogP contribution >= 0.6 is 0 Å². The van der Waals surface area contributed by atoms with Gasteiger partial charge in [-0.3, -0.25) is 14.7 Å². The monoisotopic (exact) mass is 340 g/mol. The molecule has 1 aromatic carbocycles. The number of nitrogens with one attached hydrogen (secondary N) is 1. The minimum absolute atomic E-state index is 0.192. The van der Waals surface area contributed by atoms with Crippen LogP contribution in [0.4, 0.5) is 4.39 Å². The van der Waals surface area contributed by atoms with Crippen molar-refractivity contribution < 1.29 is 9.18 Å². The number of amides is 1. The molecule has 0 saturated carbocycles. The third-order valence-corrected chi connectivity index (χ3v) is 4.28. The van der Waals surface area contributed by atoms with Gasteiger partial charge < -0.3 is 0 Å². The van der Waals surface area contributed by atoms with Gasteiger partial charge in [-0.1, -0.05) is 18.2 Å². The lowest BCUT2D eigenvalue weighted by molar-refractivity contribution is 0.0949. The molecule has 6 heteroatoms. The fraction of sp³-hybridized carbons (Fsp3) is 0.316. The third-order valence-electron chi connectivity index (χ3n) is 4.28. The molecule has 3 rings (SSSR count). The van der Waals surface area contributed by atoms with Crippen LogP contribution in [0, 0.1) is 11.7 Å². The molecule has 0 spiro atoms. The second-order valence-electron chi connectivity index (χ2n) is 6.18. The highest BCUT2D eigenvalue weighted by Crippen LogP contribution is 2.18. The van der Waals surface area contributed by atoms with Gasteiger partial charge in [-0.05, 0) is 61.7 Å². The lowest BCUT2D eigenvalue weighted by Crippen LogP contribution is -2.34. The van der Waals surface area contributed by atoms with E-state index in [0.29, 0.717) is 11.6 Å². The van der Waals surface area contributed by atoms with Gasteiger partial charge in [0.2, 0.25) is 0 Å². The van der Waals surface area contributed by atoms with Crippen LogP contribution in [0.2, 0.25) is 0 Å². The van der Waals surface area contributed by atoms with Gasteiger partial charge in [-0.2, -0.15) is 5.10 Å². The molecule has 0 atom stereocenters. The summed E-state index contributed by atoms with van der Waals surface area (Å²) in [5.41, 5.74) is 3.86. The number of hydrogen-bond acceptors (Lipinski definition) is 4. The zero-order valence-corrected chi connectivity index (χ0v) is 13.9. The van der Waals surface area contributed by atoms with Crippen molar-refractivity contribution >= 4 is 12.1 Å². The van der Waals surface area contributed by atoms with Gasteiger partial charge in [-0.15, -0.1) is 0 Å². The highest BCUT2D eigenvalue weighted by atomic mass is 19.1. The number of likely N-dealkylation sites (tertiary alicyclic amines) is 1. The molecule has 130 valence electrons. The molecule has 0 unspecified atom stereocenters. The van der Waals surface area contributed by atoms with Crippen LogP contribution in [0.5, 0.6) is 0 Å². The van der Waals surface area contributed by atoms with E-state index in [1.54, 1.807) is 42.7 Å². The standard InChI is InChI=1S/C19H21FN4O/c20-17-5-3-4-16(12-17)14-24-10-7-15(8-11-24)13-22-23-19(25)18-6-1-2-9-21-18/h1-6,9,12-13,15H,7-8,10-11,14H2,(H,23,25). The van der Waals surface area contributed by atoms with E-state index in [4.69, 9.17) is 0 Å². The van der Waals surface area contributed by atoms with Gasteiger partial charge in [0, 0.05) is 19.0 Å². The highest BCUT2D eigenvalue weighted by molar-refractivity contribution is 5.92. The first kappa shape index (κ1) is 17.2. The number of nitrogens with zero attached hydrogens (tertiary/aromatic N) is 3. The molecule has 0 radical (unpaired) electrons. The van der Waals surface area contributed by atoms with Crippen LogP contribution in [-0.4, -0.2) is 35.1 Å². The molecule has 5 nitrogen and oxygen atoms in total. The maximum Gasteiger partial charge on any atom is 0.289 e. The SMILES string of the molecule is O=C(NN=CC1CCN(Cc2cccc(F)c2)CC1)c1ccccn1. The molecule has 25 heavy (non-hydrogen) atoms. The van der Waals surface area contributed by atoms with E-state index in [1.807, 2.05) is 6.07 Å². The number of aromatic nitrogens is 1. The molecule has 1 fully saturated rings. The first-order valence-corrected chi connectivity index (χ1v) is 8.42. The van der Waals surface area contributed by atoms with Crippen molar-refractivity contribution in [2.24, 2.45) is 11.0 Å². The molecule has 1 saturated heterocycles. The summed E-state index contributed by atoms with van der Waals surface area (Å²) >= 11 is 0. The minimum atomic E-state index is -0.305. The van der Waals surface area contributed by atoms with Gasteiger partial charge in [0.05, 0.1) is 0 Å². The maximum absolute atomic E-state index is 13.2. The summed E-state index contributed by atoms with van der Waals surface area (Å²) in [7, 11) is 0. The van der Waals surface area contributed by atoms with Crippen LogP contribution in [0.25, 0.3) is 0 Å². The Labute approximate surface area is 146 Å². The molecule has 0 aliphatic carbocycles. The summed E-state index contributed by atoms with van der Waals surface area (Å²) in [6.45, 7) is 2.63. The zero-order chi connectivity index (χ0) is 17.5. The first-order chi connectivity index (χ1) is 12.2. The smallest absolute Gasteiger partial charge is 0.289 e. The van der Waals surface area contributed by atoms with Crippen molar-refractivity contribution in [3.8, 4) is 0 Å². The Morgan fingerprint density at radius 3 is 2.84 bits per heavy atom. The molecule has 1 amide bonds. The molecule has 1 aliphatic rings. The van der Waals surface area contributed by atoms with E-state index < -0.39 is 0 Å². The average molecular weight is 340 g/mol. The number of hydrogen-bond donors (Lipinski definition) is 1. The lowest BCUT2D eigenvalue weighted by atomic mass is 9.98. The number of pyridine rings is 1. The Hall–Kier alpha value is -2.60. The van der Waals surface area contributed by atoms with Gasteiger partial charge >= 0.3 is 0 Å². The Kier molecular flexibility index (Phi) is 5.85. The topological polar surface area (TPSA) is 57.6 Å². The van der Waals surface area contributed by atoms with Crippen molar-refractivity contribution in [1.29, 1.82) is 0 Å². The Morgan fingerprint density at radius 2 is 2.12 bits per heavy atom. The number of carbonyl (C=O) groups is 1. The van der Waals surface area contributed by atoms with Crippen molar-refractivity contribution in [2.75, 3.05) is 13.1 Å². The predicted octanol–water partition coefficient (Wildman–Crippen LogP) is 2.85. The Bertz CT molecular complexity index is 727. The van der Waals surface area contributed by atoms with Crippen LogP contribution in [0.15, 0.2) is 53.8 Å². The third kappa shape index (κ3) is 5.19. The number of rotatable bonds is 5. The van der Waals surface area contributed by atoms with Crippen LogP contribution < -0.4 is 5.43 Å². The lowest BCUT2D eigenvalue weighted by Gasteiger charge is -2.30. The summed E-state index contributed by atoms with van der Waals surface area (Å²) in [4.78, 5) is 18.1. The van der Waals surface area contributed by atoms with E-state index in [9.17, 15) is 9.18 Å². The van der Waals surface area contributed by atoms with Crippen LogP contribution in [0.3, 0.4) is 0 Å². The van der Waals surface area contributed by atoms with E-state index in [-0.39, 0.29) is 11.7 Å². The largest absolute Gasteiger partial charge is 0.299 e. The van der Waals surface area contributed by atoms with Crippen LogP contribution in [0.1, 0.15) is 28.9 Å². The molecular weight excluding hydrogens is 319 g/mol. The predicted molar refractivity (Wildman–Crippen MR) is 94.6 cm³/mol. The van der Waals surface area contributed by atoms with Crippen LogP contribution in [-0.2, 0) is 6.54 Å². The van der Waals surface area contributed by atoms with Crippen molar-refractivity contribution in [3.05, 3.63) is 65.7 Å². The Balaban J connectivity index is 1.42. The van der Waals surface area contributed by atoms with E-state index in [2.05, 4.69) is 20.4 Å². The fourth-order valence-corrected chi connectivity index (χ4v) is 2.91. The fourth-order valence-electron chi connectivity index (χ4n) is 2.91. The van der Waals surface area contributed by atoms with Crippen molar-refractivity contribution in [2.45, 2.75) is 19.4 Å². The molecular formula is C19H21FN4O. The Morgan fingerprint density at radius 1 is 1.28 bits per heavy atom. The van der Waals surface area contributed by atoms with Gasteiger partial charge in [0.15, 0.2) is 0 Å². The number of benzene rings is 1. The van der Waals surface area contributed by atoms with Gasteiger partial charge in [-0.25, -0.2) is 9.82 Å². The van der Waals surface area contributed by atoms with Gasteiger partial charge in [0.1, 0.15) is 11.5 Å². The molecule has 0 bridgehead atoms. The summed E-state index contributed by atoms with van der Waals surface area (Å²) in [5.74, 6) is -0.156. The van der Waals surface area contributed by atoms with E-state index in [1.165, 1.54) is 6.07 Å². The molecule has 1 aromatic heterocycles. The maximum atomic E-state index is 13.2. The quantitative estimate of drug-likeness (QED) is 0.673. The first-order valence-electron chi connectivity index (χ1n) is 8.42. The number of piperidine rings is 1. The normalized spacial score (nSPS) is 16.2. The molecule has 1 N–H and O–H groups in total.